The molecular formula is C26H31N7O. The van der Waals surface area contributed by atoms with Crippen LogP contribution in [0, 0.1) is 5.41 Å². The van der Waals surface area contributed by atoms with Crippen molar-refractivity contribution in [3.05, 3.63) is 66.2 Å². The van der Waals surface area contributed by atoms with Gasteiger partial charge in [-0.3, -0.25) is 20.2 Å². The summed E-state index contributed by atoms with van der Waals surface area (Å²) < 4.78 is 0. The van der Waals surface area contributed by atoms with Crippen molar-refractivity contribution in [1.29, 1.82) is 5.41 Å². The van der Waals surface area contributed by atoms with E-state index in [0.717, 1.165) is 35.6 Å². The van der Waals surface area contributed by atoms with Crippen LogP contribution in [0.5, 0.6) is 0 Å². The van der Waals surface area contributed by atoms with E-state index >= 15 is 0 Å². The summed E-state index contributed by atoms with van der Waals surface area (Å²) in [6.45, 7) is 2.78. The third-order valence-electron chi connectivity index (χ3n) is 5.89. The van der Waals surface area contributed by atoms with Gasteiger partial charge in [-0.2, -0.15) is 0 Å². The van der Waals surface area contributed by atoms with Crippen LogP contribution >= 0.6 is 0 Å². The van der Waals surface area contributed by atoms with E-state index in [1.165, 1.54) is 19.3 Å². The number of amides is 1. The van der Waals surface area contributed by atoms with Gasteiger partial charge in [0.15, 0.2) is 0 Å². The Morgan fingerprint density at radius 3 is 2.56 bits per heavy atom. The number of rotatable bonds is 7. The zero-order chi connectivity index (χ0) is 24.1. The number of hydrogen-bond donors (Lipinski definition) is 3. The van der Waals surface area contributed by atoms with E-state index < -0.39 is 5.91 Å². The van der Waals surface area contributed by atoms with Crippen molar-refractivity contribution in [3.8, 4) is 11.1 Å². The molecule has 1 aliphatic rings. The number of benzene rings is 1. The van der Waals surface area contributed by atoms with Gasteiger partial charge in [-0.25, -0.2) is 0 Å². The summed E-state index contributed by atoms with van der Waals surface area (Å²) in [6, 6.07) is 11.2. The molecule has 2 aromatic heterocycles. The molecule has 0 atom stereocenters. The highest BCUT2D eigenvalue weighted by molar-refractivity contribution is 6.48. The van der Waals surface area contributed by atoms with Crippen LogP contribution < -0.4 is 16.0 Å². The quantitative estimate of drug-likeness (QED) is 0.368. The second kappa shape index (κ2) is 10.4. The van der Waals surface area contributed by atoms with Crippen LogP contribution in [0.4, 0.5) is 17.1 Å². The van der Waals surface area contributed by atoms with Gasteiger partial charge < -0.3 is 20.9 Å². The molecule has 4 rings (SSSR count). The van der Waals surface area contributed by atoms with Gasteiger partial charge >= 0.3 is 0 Å². The largest absolute Gasteiger partial charge is 0.398 e. The molecule has 1 amide bonds. The Labute approximate surface area is 200 Å². The number of anilines is 3. The maximum atomic E-state index is 12.8. The molecule has 0 bridgehead atoms. The lowest BCUT2D eigenvalue weighted by molar-refractivity contribution is -0.110. The van der Waals surface area contributed by atoms with Crippen LogP contribution in [0.1, 0.15) is 30.5 Å². The van der Waals surface area contributed by atoms with E-state index in [9.17, 15) is 4.79 Å². The first kappa shape index (κ1) is 23.4. The number of aromatic nitrogens is 2. The summed E-state index contributed by atoms with van der Waals surface area (Å²) >= 11 is 0. The first-order chi connectivity index (χ1) is 16.4. The van der Waals surface area contributed by atoms with Gasteiger partial charge in [0.2, 0.25) is 0 Å². The third-order valence-corrected chi connectivity index (χ3v) is 5.89. The second-order valence-electron chi connectivity index (χ2n) is 8.89. The predicted molar refractivity (Wildman–Crippen MR) is 137 cm³/mol. The summed E-state index contributed by atoms with van der Waals surface area (Å²) in [5.41, 5.74) is 11.0. The number of carbonyl (C=O) groups is 1. The zero-order valence-corrected chi connectivity index (χ0v) is 19.7. The van der Waals surface area contributed by atoms with E-state index in [-0.39, 0.29) is 5.71 Å². The number of hydrogen-bond acceptors (Lipinski definition) is 7. The van der Waals surface area contributed by atoms with Gasteiger partial charge in [0.25, 0.3) is 5.91 Å². The lowest BCUT2D eigenvalue weighted by Crippen LogP contribution is -2.29. The monoisotopic (exact) mass is 457 g/mol. The summed E-state index contributed by atoms with van der Waals surface area (Å²) in [5.74, 6) is -0.536. The average Bonchev–Trinajstić information content (AvgIpc) is 2.85. The first-order valence-electron chi connectivity index (χ1n) is 11.5. The fourth-order valence-corrected chi connectivity index (χ4v) is 4.09. The minimum atomic E-state index is -0.536. The highest BCUT2D eigenvalue weighted by atomic mass is 16.1. The number of nitrogens with one attached hydrogen (secondary N) is 2. The fraction of sp³-hybridized carbons (Fsp3) is 0.308. The molecule has 176 valence electrons. The average molecular weight is 458 g/mol. The molecule has 0 spiro atoms. The molecule has 1 aliphatic heterocycles. The van der Waals surface area contributed by atoms with Gasteiger partial charge in [0.05, 0.1) is 29.5 Å². The number of piperidine rings is 1. The zero-order valence-electron chi connectivity index (χ0n) is 19.7. The molecule has 4 N–H and O–H groups in total. The Morgan fingerprint density at radius 1 is 1.06 bits per heavy atom. The molecular weight excluding hydrogens is 426 g/mol. The molecule has 3 heterocycles. The molecule has 8 nitrogen and oxygen atoms in total. The van der Waals surface area contributed by atoms with Crippen molar-refractivity contribution in [3.63, 3.8) is 0 Å². The number of nitrogens with two attached hydrogens (primary N) is 1. The Bertz CT molecular complexity index is 1170. The molecule has 1 aromatic carbocycles. The number of carbonyl (C=O) groups excluding carboxylic acids is 1. The van der Waals surface area contributed by atoms with E-state index in [2.05, 4.69) is 26.3 Å². The standard InChI is InChI=1S/C26H31N7O/c1-32(2)17-21-8-7-20(15-30-21)31-26(34)25(28)23-13-18(6-9-24(23)27)19-12-22(16-29-14-19)33-10-4-3-5-11-33/h6-9,12-16,28H,3-5,10-11,17,27H2,1-2H3,(H,31,34). The molecule has 3 aromatic rings. The molecule has 0 radical (unpaired) electrons. The Balaban J connectivity index is 1.51. The normalized spacial score (nSPS) is 13.7. The predicted octanol–water partition coefficient (Wildman–Crippen LogP) is 3.78. The third kappa shape index (κ3) is 5.58. The van der Waals surface area contributed by atoms with E-state index in [1.807, 2.05) is 37.3 Å². The van der Waals surface area contributed by atoms with Crippen molar-refractivity contribution in [2.75, 3.05) is 43.1 Å². The van der Waals surface area contributed by atoms with Crippen LogP contribution in [-0.2, 0) is 11.3 Å². The van der Waals surface area contributed by atoms with Crippen LogP contribution in [-0.4, -0.2) is 53.7 Å². The molecule has 1 saturated heterocycles. The van der Waals surface area contributed by atoms with Gasteiger partial charge in [-0.1, -0.05) is 6.07 Å². The SMILES string of the molecule is CN(C)Cc1ccc(NC(=O)C(=N)c2cc(-c3cncc(N4CCCCC4)c3)ccc2N)cn1. The highest BCUT2D eigenvalue weighted by Crippen LogP contribution is 2.28. The fourth-order valence-electron chi connectivity index (χ4n) is 4.09. The van der Waals surface area contributed by atoms with Crippen LogP contribution in [0.25, 0.3) is 11.1 Å². The minimum absolute atomic E-state index is 0.197. The van der Waals surface area contributed by atoms with Crippen molar-refractivity contribution in [1.82, 2.24) is 14.9 Å². The minimum Gasteiger partial charge on any atom is -0.398 e. The lowest BCUT2D eigenvalue weighted by atomic mass is 9.99. The Hall–Kier alpha value is -3.78. The summed E-state index contributed by atoms with van der Waals surface area (Å²) in [4.78, 5) is 26.0. The maximum absolute atomic E-state index is 12.8. The number of nitrogen functional groups attached to an aromatic ring is 1. The van der Waals surface area contributed by atoms with Gasteiger partial charge in [-0.15, -0.1) is 0 Å². The van der Waals surface area contributed by atoms with Crippen molar-refractivity contribution < 1.29 is 4.79 Å². The van der Waals surface area contributed by atoms with E-state index in [0.29, 0.717) is 23.5 Å². The van der Waals surface area contributed by atoms with Crippen molar-refractivity contribution in [2.24, 2.45) is 0 Å². The molecule has 0 unspecified atom stereocenters. The van der Waals surface area contributed by atoms with Gasteiger partial charge in [0.1, 0.15) is 5.71 Å². The second-order valence-corrected chi connectivity index (χ2v) is 8.89. The molecule has 0 aliphatic carbocycles. The highest BCUT2D eigenvalue weighted by Gasteiger charge is 2.17. The van der Waals surface area contributed by atoms with Crippen molar-refractivity contribution >= 4 is 28.7 Å². The van der Waals surface area contributed by atoms with Crippen LogP contribution in [0.2, 0.25) is 0 Å². The lowest BCUT2D eigenvalue weighted by Gasteiger charge is -2.28. The summed E-state index contributed by atoms with van der Waals surface area (Å²) in [7, 11) is 3.94. The molecule has 1 fully saturated rings. The van der Waals surface area contributed by atoms with Gasteiger partial charge in [-0.05, 0) is 69.3 Å². The Kier molecular flexibility index (Phi) is 7.18. The first-order valence-corrected chi connectivity index (χ1v) is 11.5. The number of pyridine rings is 2. The van der Waals surface area contributed by atoms with E-state index in [4.69, 9.17) is 11.1 Å². The summed E-state index contributed by atoms with van der Waals surface area (Å²) in [5, 5.41) is 11.2. The van der Waals surface area contributed by atoms with Crippen LogP contribution in [0.15, 0.2) is 55.0 Å². The van der Waals surface area contributed by atoms with Crippen molar-refractivity contribution in [2.45, 2.75) is 25.8 Å². The summed E-state index contributed by atoms with van der Waals surface area (Å²) in [6.07, 6.45) is 8.94. The topological polar surface area (TPSA) is 111 Å². The molecule has 8 heteroatoms. The van der Waals surface area contributed by atoms with Gasteiger partial charge in [0, 0.05) is 42.6 Å². The molecule has 0 saturated carbocycles. The maximum Gasteiger partial charge on any atom is 0.274 e. The number of nitrogens with zero attached hydrogens (tertiary/aromatic N) is 4. The van der Waals surface area contributed by atoms with E-state index in [1.54, 1.807) is 30.6 Å². The van der Waals surface area contributed by atoms with Crippen LogP contribution in [0.3, 0.4) is 0 Å². The Morgan fingerprint density at radius 2 is 1.85 bits per heavy atom. The molecule has 34 heavy (non-hydrogen) atoms. The smallest absolute Gasteiger partial charge is 0.274 e.